The summed E-state index contributed by atoms with van der Waals surface area (Å²) in [6, 6.07) is 13.1. The van der Waals surface area contributed by atoms with Crippen LogP contribution in [0.4, 0.5) is 5.69 Å². The number of carbonyl (C=O) groups is 2. The molecule has 0 aromatic heterocycles. The van der Waals surface area contributed by atoms with E-state index in [-0.39, 0.29) is 12.3 Å². The number of nitrogens with zero attached hydrogens (tertiary/aromatic N) is 1. The standard InChI is InChI=1S/C20H23N3O3/c1-4-26-18-8-6-5-7-16(18)13-21-23-20(25)12-19(24)22-17-10-9-14(2)11-15(17)3/h5-11,13H,4,12H2,1-3H3,(H,22,24)(H,23,25). The Morgan fingerprint density at radius 3 is 2.62 bits per heavy atom. The van der Waals surface area contributed by atoms with Crippen molar-refractivity contribution < 1.29 is 14.3 Å². The molecule has 0 heterocycles. The highest BCUT2D eigenvalue weighted by atomic mass is 16.5. The van der Waals surface area contributed by atoms with Gasteiger partial charge in [-0.25, -0.2) is 5.43 Å². The van der Waals surface area contributed by atoms with E-state index in [1.807, 2.05) is 63.2 Å². The largest absolute Gasteiger partial charge is 0.493 e. The zero-order valence-electron chi connectivity index (χ0n) is 15.2. The molecular formula is C20H23N3O3. The Labute approximate surface area is 153 Å². The second kappa shape index (κ2) is 9.36. The topological polar surface area (TPSA) is 79.8 Å². The van der Waals surface area contributed by atoms with E-state index in [2.05, 4.69) is 15.8 Å². The maximum atomic E-state index is 12.0. The molecule has 0 fully saturated rings. The number of aryl methyl sites for hydroxylation is 2. The lowest BCUT2D eigenvalue weighted by Gasteiger charge is -2.08. The third-order valence-corrected chi connectivity index (χ3v) is 3.59. The third-order valence-electron chi connectivity index (χ3n) is 3.59. The molecular weight excluding hydrogens is 330 g/mol. The minimum Gasteiger partial charge on any atom is -0.493 e. The lowest BCUT2D eigenvalue weighted by atomic mass is 10.1. The zero-order valence-corrected chi connectivity index (χ0v) is 15.2. The van der Waals surface area contributed by atoms with Gasteiger partial charge in [0.15, 0.2) is 0 Å². The first-order valence-corrected chi connectivity index (χ1v) is 8.40. The van der Waals surface area contributed by atoms with Crippen molar-refractivity contribution in [1.29, 1.82) is 0 Å². The van der Waals surface area contributed by atoms with Crippen LogP contribution >= 0.6 is 0 Å². The van der Waals surface area contributed by atoms with Gasteiger partial charge in [-0.15, -0.1) is 0 Å². The second-order valence-electron chi connectivity index (χ2n) is 5.81. The van der Waals surface area contributed by atoms with Crippen molar-refractivity contribution in [3.8, 4) is 5.75 Å². The zero-order chi connectivity index (χ0) is 18.9. The summed E-state index contributed by atoms with van der Waals surface area (Å²) in [7, 11) is 0. The van der Waals surface area contributed by atoms with Gasteiger partial charge in [-0.3, -0.25) is 9.59 Å². The molecule has 136 valence electrons. The van der Waals surface area contributed by atoms with Crippen LogP contribution in [0.25, 0.3) is 0 Å². The smallest absolute Gasteiger partial charge is 0.249 e. The molecule has 2 N–H and O–H groups in total. The fourth-order valence-corrected chi connectivity index (χ4v) is 2.38. The molecule has 0 spiro atoms. The summed E-state index contributed by atoms with van der Waals surface area (Å²) in [6.45, 7) is 6.32. The number of amides is 2. The van der Waals surface area contributed by atoms with Crippen LogP contribution in [0.3, 0.4) is 0 Å². The van der Waals surface area contributed by atoms with Crippen molar-refractivity contribution in [3.63, 3.8) is 0 Å². The van der Waals surface area contributed by atoms with Crippen LogP contribution in [-0.2, 0) is 9.59 Å². The van der Waals surface area contributed by atoms with Crippen LogP contribution in [-0.4, -0.2) is 24.6 Å². The number of para-hydroxylation sites is 1. The van der Waals surface area contributed by atoms with Crippen molar-refractivity contribution >= 4 is 23.7 Å². The Balaban J connectivity index is 1.87. The summed E-state index contributed by atoms with van der Waals surface area (Å²) in [4.78, 5) is 23.9. The number of hydrogen-bond acceptors (Lipinski definition) is 4. The van der Waals surface area contributed by atoms with Gasteiger partial charge in [0.05, 0.1) is 12.8 Å². The molecule has 0 aliphatic heterocycles. The van der Waals surface area contributed by atoms with Crippen LogP contribution in [0.1, 0.15) is 30.0 Å². The summed E-state index contributed by atoms with van der Waals surface area (Å²) in [6.07, 6.45) is 1.18. The van der Waals surface area contributed by atoms with Crippen LogP contribution in [0.2, 0.25) is 0 Å². The SMILES string of the molecule is CCOc1ccccc1C=NNC(=O)CC(=O)Nc1ccc(C)cc1C. The molecule has 2 amide bonds. The molecule has 0 saturated heterocycles. The predicted molar refractivity (Wildman–Crippen MR) is 103 cm³/mol. The van der Waals surface area contributed by atoms with Gasteiger partial charge >= 0.3 is 0 Å². The maximum absolute atomic E-state index is 12.0. The van der Waals surface area contributed by atoms with Crippen molar-refractivity contribution in [3.05, 3.63) is 59.2 Å². The molecule has 0 bridgehead atoms. The Kier molecular flexibility index (Phi) is 6.91. The lowest BCUT2D eigenvalue weighted by Crippen LogP contribution is -2.24. The summed E-state index contributed by atoms with van der Waals surface area (Å²) >= 11 is 0. The Hall–Kier alpha value is -3.15. The average molecular weight is 353 g/mol. The van der Waals surface area contributed by atoms with E-state index in [4.69, 9.17) is 4.74 Å². The van der Waals surface area contributed by atoms with Gasteiger partial charge < -0.3 is 10.1 Å². The van der Waals surface area contributed by atoms with Gasteiger partial charge in [0, 0.05) is 11.3 Å². The van der Waals surface area contributed by atoms with E-state index in [9.17, 15) is 9.59 Å². The molecule has 2 aromatic rings. The highest BCUT2D eigenvalue weighted by molar-refractivity contribution is 6.04. The van der Waals surface area contributed by atoms with Crippen molar-refractivity contribution in [2.24, 2.45) is 5.10 Å². The summed E-state index contributed by atoms with van der Waals surface area (Å²) in [5.41, 5.74) is 5.86. The van der Waals surface area contributed by atoms with Crippen molar-refractivity contribution in [2.75, 3.05) is 11.9 Å². The Bertz CT molecular complexity index is 816. The van der Waals surface area contributed by atoms with E-state index >= 15 is 0 Å². The number of benzene rings is 2. The van der Waals surface area contributed by atoms with E-state index in [0.29, 0.717) is 18.0 Å². The molecule has 6 nitrogen and oxygen atoms in total. The predicted octanol–water partition coefficient (Wildman–Crippen LogP) is 3.18. The molecule has 6 heteroatoms. The normalized spacial score (nSPS) is 10.6. The fourth-order valence-electron chi connectivity index (χ4n) is 2.38. The molecule has 2 rings (SSSR count). The van der Waals surface area contributed by atoms with Gasteiger partial charge in [-0.05, 0) is 44.5 Å². The fraction of sp³-hybridized carbons (Fsp3) is 0.250. The number of nitrogens with one attached hydrogen (secondary N) is 2. The number of ether oxygens (including phenoxy) is 1. The van der Waals surface area contributed by atoms with E-state index < -0.39 is 5.91 Å². The first kappa shape index (κ1) is 19.2. The van der Waals surface area contributed by atoms with Gasteiger partial charge in [0.25, 0.3) is 0 Å². The first-order chi connectivity index (χ1) is 12.5. The molecule has 0 aliphatic carbocycles. The molecule has 26 heavy (non-hydrogen) atoms. The van der Waals surface area contributed by atoms with E-state index in [1.54, 1.807) is 0 Å². The minimum atomic E-state index is -0.489. The van der Waals surface area contributed by atoms with Crippen LogP contribution in [0.5, 0.6) is 5.75 Å². The summed E-state index contributed by atoms with van der Waals surface area (Å²) < 4.78 is 5.48. The van der Waals surface area contributed by atoms with E-state index in [0.717, 1.165) is 16.7 Å². The van der Waals surface area contributed by atoms with Gasteiger partial charge in [0.1, 0.15) is 12.2 Å². The second-order valence-corrected chi connectivity index (χ2v) is 5.81. The lowest BCUT2D eigenvalue weighted by molar-refractivity contribution is -0.126. The molecule has 0 atom stereocenters. The third kappa shape index (κ3) is 5.73. The number of rotatable bonds is 7. The first-order valence-electron chi connectivity index (χ1n) is 8.40. The number of hydrogen-bond donors (Lipinski definition) is 2. The molecule has 0 aliphatic rings. The molecule has 0 saturated carbocycles. The number of anilines is 1. The minimum absolute atomic E-state index is 0.308. The van der Waals surface area contributed by atoms with Gasteiger partial charge in [-0.1, -0.05) is 29.8 Å². The Morgan fingerprint density at radius 2 is 1.88 bits per heavy atom. The maximum Gasteiger partial charge on any atom is 0.249 e. The van der Waals surface area contributed by atoms with Crippen LogP contribution in [0.15, 0.2) is 47.6 Å². The van der Waals surface area contributed by atoms with Gasteiger partial charge in [0.2, 0.25) is 11.8 Å². The quantitative estimate of drug-likeness (QED) is 0.456. The van der Waals surface area contributed by atoms with Crippen LogP contribution in [0, 0.1) is 13.8 Å². The molecule has 0 unspecified atom stereocenters. The van der Waals surface area contributed by atoms with Crippen molar-refractivity contribution in [2.45, 2.75) is 27.2 Å². The molecule has 0 radical (unpaired) electrons. The van der Waals surface area contributed by atoms with Gasteiger partial charge in [-0.2, -0.15) is 5.10 Å². The van der Waals surface area contributed by atoms with Crippen molar-refractivity contribution in [1.82, 2.24) is 5.43 Å². The molecule has 2 aromatic carbocycles. The highest BCUT2D eigenvalue weighted by Gasteiger charge is 2.10. The number of hydrazone groups is 1. The summed E-state index contributed by atoms with van der Waals surface area (Å²) in [5.74, 6) is -0.197. The number of carbonyl (C=O) groups excluding carboxylic acids is 2. The van der Waals surface area contributed by atoms with Crippen LogP contribution < -0.4 is 15.5 Å². The van der Waals surface area contributed by atoms with E-state index in [1.165, 1.54) is 6.21 Å². The highest BCUT2D eigenvalue weighted by Crippen LogP contribution is 2.16. The monoisotopic (exact) mass is 353 g/mol. The average Bonchev–Trinajstić information content (AvgIpc) is 2.59. The Morgan fingerprint density at radius 1 is 1.12 bits per heavy atom. The summed E-state index contributed by atoms with van der Waals surface area (Å²) in [5, 5.41) is 6.62.